The minimum absolute atomic E-state index is 0.0444. The number of aryl methyl sites for hydroxylation is 1. The second kappa shape index (κ2) is 4.67. The number of halogens is 2. The summed E-state index contributed by atoms with van der Waals surface area (Å²) in [6.07, 6.45) is 3.15. The lowest BCUT2D eigenvalue weighted by molar-refractivity contribution is 0.0979. The summed E-state index contributed by atoms with van der Waals surface area (Å²) in [7, 11) is 1.72. The molecule has 2 aromatic rings. The number of nitrogens with zero attached hydrogens (tertiary/aromatic N) is 2. The van der Waals surface area contributed by atoms with Crippen molar-refractivity contribution in [3.63, 3.8) is 0 Å². The highest BCUT2D eigenvalue weighted by atomic mass is 35.5. The molecule has 0 saturated heterocycles. The molecule has 1 heterocycles. The fourth-order valence-electron chi connectivity index (χ4n) is 1.57. The lowest BCUT2D eigenvalue weighted by Crippen LogP contribution is -2.11. The van der Waals surface area contributed by atoms with E-state index in [2.05, 4.69) is 4.98 Å². The third kappa shape index (κ3) is 2.53. The molecule has 0 amide bonds. The molecule has 2 rings (SSSR count). The van der Waals surface area contributed by atoms with E-state index in [-0.39, 0.29) is 17.8 Å². The van der Waals surface area contributed by atoms with Crippen LogP contribution in [0.25, 0.3) is 0 Å². The number of Topliss-reactive ketones (excluding diaryl/α,β-unsaturated/α-hetero) is 1. The van der Waals surface area contributed by atoms with Crippen LogP contribution in [-0.2, 0) is 13.5 Å². The van der Waals surface area contributed by atoms with Crippen molar-refractivity contribution in [2.75, 3.05) is 0 Å². The fraction of sp³-hybridized carbons (Fsp3) is 0.167. The van der Waals surface area contributed by atoms with Crippen molar-refractivity contribution in [3.8, 4) is 0 Å². The first-order valence-corrected chi connectivity index (χ1v) is 5.40. The Kier molecular flexibility index (Phi) is 3.24. The zero-order valence-electron chi connectivity index (χ0n) is 9.15. The normalized spacial score (nSPS) is 10.5. The van der Waals surface area contributed by atoms with Gasteiger partial charge >= 0.3 is 0 Å². The van der Waals surface area contributed by atoms with E-state index in [1.165, 1.54) is 24.4 Å². The zero-order chi connectivity index (χ0) is 12.4. The Hall–Kier alpha value is -1.68. The van der Waals surface area contributed by atoms with Crippen LogP contribution in [0.1, 0.15) is 16.2 Å². The molecule has 0 bridgehead atoms. The smallest absolute Gasteiger partial charge is 0.202 e. The van der Waals surface area contributed by atoms with Crippen molar-refractivity contribution in [3.05, 3.63) is 52.8 Å². The number of benzene rings is 1. The number of carbonyl (C=O) groups excluding carboxylic acids is 1. The Bertz CT molecular complexity index is 565. The van der Waals surface area contributed by atoms with Gasteiger partial charge in [-0.1, -0.05) is 11.6 Å². The van der Waals surface area contributed by atoms with Crippen LogP contribution in [0.3, 0.4) is 0 Å². The van der Waals surface area contributed by atoms with Crippen molar-refractivity contribution in [2.24, 2.45) is 7.05 Å². The molecule has 17 heavy (non-hydrogen) atoms. The number of ketones is 1. The molecule has 0 N–H and O–H groups in total. The number of hydrogen-bond donors (Lipinski definition) is 0. The topological polar surface area (TPSA) is 34.9 Å². The second-order valence-electron chi connectivity index (χ2n) is 3.70. The van der Waals surface area contributed by atoms with Gasteiger partial charge in [-0.05, 0) is 23.8 Å². The monoisotopic (exact) mass is 252 g/mol. The van der Waals surface area contributed by atoms with E-state index in [0.717, 1.165) is 0 Å². The molecule has 3 nitrogen and oxygen atoms in total. The summed E-state index contributed by atoms with van der Waals surface area (Å²) < 4.78 is 15.0. The Morgan fingerprint density at radius 2 is 2.29 bits per heavy atom. The molecular formula is C12H10ClFN2O. The summed E-state index contributed by atoms with van der Waals surface area (Å²) in [6, 6.07) is 4.16. The van der Waals surface area contributed by atoms with Gasteiger partial charge in [0.1, 0.15) is 5.82 Å². The molecule has 0 aliphatic heterocycles. The minimum atomic E-state index is -0.433. The first-order chi connectivity index (χ1) is 8.08. The van der Waals surface area contributed by atoms with Crippen LogP contribution < -0.4 is 0 Å². The van der Waals surface area contributed by atoms with Gasteiger partial charge in [-0.2, -0.15) is 0 Å². The highest BCUT2D eigenvalue weighted by molar-refractivity contribution is 6.30. The SMILES string of the molecule is Cn1ccnc1C(=O)Cc1cc(Cl)ccc1F. The zero-order valence-corrected chi connectivity index (χ0v) is 9.91. The van der Waals surface area contributed by atoms with Gasteiger partial charge in [0.25, 0.3) is 0 Å². The lowest BCUT2D eigenvalue weighted by atomic mass is 10.1. The first-order valence-electron chi connectivity index (χ1n) is 5.02. The molecule has 0 saturated carbocycles. The molecule has 0 aliphatic carbocycles. The highest BCUT2D eigenvalue weighted by Crippen LogP contribution is 2.16. The van der Waals surface area contributed by atoms with Gasteiger partial charge in [0.2, 0.25) is 5.78 Å². The molecule has 0 atom stereocenters. The van der Waals surface area contributed by atoms with Crippen molar-refractivity contribution in [2.45, 2.75) is 6.42 Å². The maximum absolute atomic E-state index is 13.4. The van der Waals surface area contributed by atoms with E-state index in [4.69, 9.17) is 11.6 Å². The molecule has 0 aliphatic rings. The van der Waals surface area contributed by atoms with Gasteiger partial charge in [-0.15, -0.1) is 0 Å². The number of hydrogen-bond acceptors (Lipinski definition) is 2. The number of aromatic nitrogens is 2. The Morgan fingerprint density at radius 1 is 1.53 bits per heavy atom. The molecule has 1 aromatic heterocycles. The molecule has 88 valence electrons. The van der Waals surface area contributed by atoms with Gasteiger partial charge in [-0.25, -0.2) is 9.37 Å². The van der Waals surface area contributed by atoms with Crippen LogP contribution in [0.4, 0.5) is 4.39 Å². The predicted octanol–water partition coefficient (Wildman–Crippen LogP) is 2.64. The van der Waals surface area contributed by atoms with E-state index in [1.807, 2.05) is 0 Å². The van der Waals surface area contributed by atoms with Crippen molar-refractivity contribution in [1.82, 2.24) is 9.55 Å². The average molecular weight is 253 g/mol. The van der Waals surface area contributed by atoms with Crippen LogP contribution in [-0.4, -0.2) is 15.3 Å². The van der Waals surface area contributed by atoms with Crippen molar-refractivity contribution in [1.29, 1.82) is 0 Å². The first kappa shape index (κ1) is 11.8. The Morgan fingerprint density at radius 3 is 2.94 bits per heavy atom. The van der Waals surface area contributed by atoms with Gasteiger partial charge in [0.05, 0.1) is 0 Å². The van der Waals surface area contributed by atoms with Gasteiger partial charge in [0.15, 0.2) is 5.82 Å². The summed E-state index contributed by atoms with van der Waals surface area (Å²) in [6.45, 7) is 0. The predicted molar refractivity (Wildman–Crippen MR) is 62.7 cm³/mol. The molecule has 0 fully saturated rings. The fourth-order valence-corrected chi connectivity index (χ4v) is 1.76. The van der Waals surface area contributed by atoms with E-state index >= 15 is 0 Å². The van der Waals surface area contributed by atoms with Crippen LogP contribution >= 0.6 is 11.6 Å². The lowest BCUT2D eigenvalue weighted by Gasteiger charge is -2.03. The van der Waals surface area contributed by atoms with Crippen LogP contribution in [0.15, 0.2) is 30.6 Å². The van der Waals surface area contributed by atoms with Gasteiger partial charge in [0, 0.05) is 30.9 Å². The maximum atomic E-state index is 13.4. The molecule has 0 radical (unpaired) electrons. The summed E-state index contributed by atoms with van der Waals surface area (Å²) >= 11 is 5.76. The number of imidazole rings is 1. The average Bonchev–Trinajstić information content (AvgIpc) is 2.70. The Labute approximate surface area is 103 Å². The van der Waals surface area contributed by atoms with Crippen LogP contribution in [0.2, 0.25) is 5.02 Å². The van der Waals surface area contributed by atoms with Crippen LogP contribution in [0, 0.1) is 5.82 Å². The largest absolute Gasteiger partial charge is 0.332 e. The molecule has 0 unspecified atom stereocenters. The van der Waals surface area contributed by atoms with Crippen molar-refractivity contribution < 1.29 is 9.18 Å². The molecule has 1 aromatic carbocycles. The quantitative estimate of drug-likeness (QED) is 0.787. The summed E-state index contributed by atoms with van der Waals surface area (Å²) in [4.78, 5) is 15.8. The Balaban J connectivity index is 2.24. The standard InChI is InChI=1S/C12H10ClFN2O/c1-16-5-4-15-12(16)11(17)7-8-6-9(13)2-3-10(8)14/h2-6H,7H2,1H3. The summed E-state index contributed by atoms with van der Waals surface area (Å²) in [5.41, 5.74) is 0.283. The summed E-state index contributed by atoms with van der Waals surface area (Å²) in [5.74, 6) is -0.361. The number of rotatable bonds is 3. The second-order valence-corrected chi connectivity index (χ2v) is 4.13. The molecular weight excluding hydrogens is 243 g/mol. The van der Waals surface area contributed by atoms with E-state index in [1.54, 1.807) is 17.8 Å². The van der Waals surface area contributed by atoms with Gasteiger partial charge < -0.3 is 4.57 Å². The summed E-state index contributed by atoms with van der Waals surface area (Å²) in [5, 5.41) is 0.411. The third-order valence-electron chi connectivity index (χ3n) is 2.43. The van der Waals surface area contributed by atoms with Crippen LogP contribution in [0.5, 0.6) is 0 Å². The van der Waals surface area contributed by atoms with Gasteiger partial charge in [-0.3, -0.25) is 4.79 Å². The van der Waals surface area contributed by atoms with E-state index in [9.17, 15) is 9.18 Å². The van der Waals surface area contributed by atoms with E-state index < -0.39 is 5.82 Å². The number of carbonyl (C=O) groups is 1. The van der Waals surface area contributed by atoms with Crippen molar-refractivity contribution >= 4 is 17.4 Å². The molecule has 5 heteroatoms. The minimum Gasteiger partial charge on any atom is -0.332 e. The van der Waals surface area contributed by atoms with E-state index in [0.29, 0.717) is 10.8 Å². The maximum Gasteiger partial charge on any atom is 0.202 e. The molecule has 0 spiro atoms. The highest BCUT2D eigenvalue weighted by Gasteiger charge is 2.14. The third-order valence-corrected chi connectivity index (χ3v) is 2.66.